The van der Waals surface area contributed by atoms with Gasteiger partial charge in [0.25, 0.3) is 5.91 Å². The largest absolute Gasteiger partial charge is 0.381 e. The van der Waals surface area contributed by atoms with Gasteiger partial charge in [-0.05, 0) is 25.7 Å². The van der Waals surface area contributed by atoms with Crippen LogP contribution in [0.15, 0.2) is 12.5 Å². The molecule has 10 heteroatoms. The van der Waals surface area contributed by atoms with Gasteiger partial charge in [0.05, 0.1) is 12.6 Å². The summed E-state index contributed by atoms with van der Waals surface area (Å²) < 4.78 is 33.0. The Kier molecular flexibility index (Phi) is 7.31. The van der Waals surface area contributed by atoms with Crippen molar-refractivity contribution >= 4 is 15.9 Å². The summed E-state index contributed by atoms with van der Waals surface area (Å²) in [6, 6.07) is 0.520. The molecule has 2 saturated heterocycles. The third-order valence-electron chi connectivity index (χ3n) is 5.92. The topological polar surface area (TPSA) is 88.0 Å². The number of hydrogen-bond acceptors (Lipinski definition) is 6. The zero-order valence-electron chi connectivity index (χ0n) is 17.7. The van der Waals surface area contributed by atoms with Gasteiger partial charge in [0, 0.05) is 71.8 Å². The van der Waals surface area contributed by atoms with Gasteiger partial charge in [-0.3, -0.25) is 9.69 Å². The molecule has 0 N–H and O–H groups in total. The number of hydrogen-bond donors (Lipinski definition) is 0. The van der Waals surface area contributed by atoms with E-state index in [0.29, 0.717) is 37.9 Å². The first-order chi connectivity index (χ1) is 13.8. The molecule has 2 aliphatic heterocycles. The summed E-state index contributed by atoms with van der Waals surface area (Å²) in [5.74, 6) is -0.0982. The Bertz CT molecular complexity index is 790. The Morgan fingerprint density at radius 1 is 1.24 bits per heavy atom. The van der Waals surface area contributed by atoms with Crippen LogP contribution < -0.4 is 0 Å². The number of ether oxygens (including phenoxy) is 1. The molecule has 1 atom stereocenters. The van der Waals surface area contributed by atoms with E-state index in [0.717, 1.165) is 38.9 Å². The van der Waals surface area contributed by atoms with Crippen LogP contribution in [-0.2, 0) is 21.8 Å². The van der Waals surface area contributed by atoms with E-state index >= 15 is 0 Å². The lowest BCUT2D eigenvalue weighted by Crippen LogP contribution is -2.55. The van der Waals surface area contributed by atoms with Gasteiger partial charge >= 0.3 is 0 Å². The molecular weight excluding hydrogens is 394 g/mol. The molecule has 1 aromatic heterocycles. The van der Waals surface area contributed by atoms with Crippen molar-refractivity contribution in [2.75, 3.05) is 52.7 Å². The third-order valence-corrected chi connectivity index (χ3v) is 7.19. The van der Waals surface area contributed by atoms with E-state index in [9.17, 15) is 13.2 Å². The molecule has 9 nitrogen and oxygen atoms in total. The summed E-state index contributed by atoms with van der Waals surface area (Å²) in [6.07, 6.45) is 8.34. The van der Waals surface area contributed by atoms with Crippen LogP contribution in [0.4, 0.5) is 0 Å². The van der Waals surface area contributed by atoms with Crippen molar-refractivity contribution in [2.45, 2.75) is 37.8 Å². The zero-order valence-corrected chi connectivity index (χ0v) is 18.5. The molecule has 1 aromatic rings. The zero-order chi connectivity index (χ0) is 21.0. The first-order valence-corrected chi connectivity index (χ1v) is 12.1. The lowest BCUT2D eigenvalue weighted by molar-refractivity contribution is 0.00317. The minimum Gasteiger partial charge on any atom is -0.381 e. The minimum absolute atomic E-state index is 0.0982. The summed E-state index contributed by atoms with van der Waals surface area (Å²) in [5.41, 5.74) is 0.438. The molecule has 0 radical (unpaired) electrons. The quantitative estimate of drug-likeness (QED) is 0.626. The third kappa shape index (κ3) is 5.78. The van der Waals surface area contributed by atoms with Gasteiger partial charge in [-0.25, -0.2) is 17.7 Å². The van der Waals surface area contributed by atoms with E-state index in [1.54, 1.807) is 33.3 Å². The molecule has 164 valence electrons. The number of rotatable bonds is 7. The maximum atomic E-state index is 12.6. The normalized spacial score (nSPS) is 22.1. The first-order valence-electron chi connectivity index (χ1n) is 10.3. The fourth-order valence-corrected chi connectivity index (χ4v) is 5.16. The highest BCUT2D eigenvalue weighted by atomic mass is 32.2. The number of amides is 1. The number of piperidine rings is 1. The van der Waals surface area contributed by atoms with Crippen molar-refractivity contribution in [2.24, 2.45) is 7.05 Å². The van der Waals surface area contributed by atoms with Crippen LogP contribution in [0.2, 0.25) is 0 Å². The van der Waals surface area contributed by atoms with Crippen LogP contribution in [-0.4, -0.2) is 103 Å². The van der Waals surface area contributed by atoms with Crippen molar-refractivity contribution in [3.63, 3.8) is 0 Å². The van der Waals surface area contributed by atoms with Crippen molar-refractivity contribution in [1.29, 1.82) is 0 Å². The predicted molar refractivity (Wildman–Crippen MR) is 110 cm³/mol. The predicted octanol–water partition coefficient (Wildman–Crippen LogP) is 0.397. The van der Waals surface area contributed by atoms with Crippen molar-refractivity contribution in [3.8, 4) is 0 Å². The van der Waals surface area contributed by atoms with Gasteiger partial charge in [-0.15, -0.1) is 0 Å². The second kappa shape index (κ2) is 9.55. The molecule has 0 spiro atoms. The van der Waals surface area contributed by atoms with Crippen LogP contribution in [0.25, 0.3) is 0 Å². The van der Waals surface area contributed by atoms with E-state index in [-0.39, 0.29) is 11.9 Å². The molecule has 2 fully saturated rings. The van der Waals surface area contributed by atoms with E-state index in [1.807, 2.05) is 7.05 Å². The molecule has 29 heavy (non-hydrogen) atoms. The smallest absolute Gasteiger partial charge is 0.273 e. The van der Waals surface area contributed by atoms with Gasteiger partial charge in [0.2, 0.25) is 10.0 Å². The molecule has 3 heterocycles. The first kappa shape index (κ1) is 22.2. The second-order valence-corrected chi connectivity index (χ2v) is 10.1. The highest BCUT2D eigenvalue weighted by Crippen LogP contribution is 2.24. The number of aryl methyl sites for hydroxylation is 1. The average molecular weight is 428 g/mol. The number of aromatic nitrogens is 2. The number of nitrogens with zero attached hydrogens (tertiary/aromatic N) is 5. The number of imidazole rings is 1. The molecule has 2 aliphatic rings. The lowest BCUT2D eigenvalue weighted by atomic mass is 9.99. The molecule has 0 saturated carbocycles. The minimum atomic E-state index is -3.19. The number of sulfonamides is 1. The van der Waals surface area contributed by atoms with Gasteiger partial charge in [-0.1, -0.05) is 0 Å². The van der Waals surface area contributed by atoms with Crippen LogP contribution in [0, 0.1) is 0 Å². The van der Waals surface area contributed by atoms with E-state index in [4.69, 9.17) is 4.74 Å². The van der Waals surface area contributed by atoms with Gasteiger partial charge in [0.15, 0.2) is 0 Å². The number of carbonyl (C=O) groups is 1. The molecule has 3 rings (SSSR count). The van der Waals surface area contributed by atoms with Crippen LogP contribution >= 0.6 is 0 Å². The highest BCUT2D eigenvalue weighted by molar-refractivity contribution is 7.88. The molecular formula is C19H33N5O4S. The fourth-order valence-electron chi connectivity index (χ4n) is 4.26. The molecule has 0 aliphatic carbocycles. The second-order valence-electron chi connectivity index (χ2n) is 8.15. The Balaban J connectivity index is 1.67. The molecule has 0 aromatic carbocycles. The highest BCUT2D eigenvalue weighted by Gasteiger charge is 2.34. The van der Waals surface area contributed by atoms with E-state index in [2.05, 4.69) is 9.88 Å². The monoisotopic (exact) mass is 427 g/mol. The van der Waals surface area contributed by atoms with Crippen LogP contribution in [0.3, 0.4) is 0 Å². The number of carbonyl (C=O) groups excluding carboxylic acids is 1. The SMILES string of the molecule is CN(CCN(C1CCOCC1)C1CCCN(S(C)(=O)=O)C1)C(=O)c1cn(C)cn1. The standard InChI is InChI=1S/C19H33N5O4S/c1-21-14-18(20-15-21)19(25)22(2)9-10-24(16-6-11-28-12-7-16)17-5-4-8-23(13-17)29(3,26)27/h14-17H,4-13H2,1-3H3. The molecule has 0 bridgehead atoms. The van der Waals surface area contributed by atoms with Crippen molar-refractivity contribution in [3.05, 3.63) is 18.2 Å². The van der Waals surface area contributed by atoms with Gasteiger partial charge < -0.3 is 14.2 Å². The van der Waals surface area contributed by atoms with E-state index in [1.165, 1.54) is 6.26 Å². The summed E-state index contributed by atoms with van der Waals surface area (Å²) in [5, 5.41) is 0. The van der Waals surface area contributed by atoms with Gasteiger partial charge in [-0.2, -0.15) is 0 Å². The average Bonchev–Trinajstić information content (AvgIpc) is 3.14. The van der Waals surface area contributed by atoms with Gasteiger partial charge in [0.1, 0.15) is 5.69 Å². The number of likely N-dealkylation sites (N-methyl/N-ethyl adjacent to an activating group) is 1. The molecule has 1 unspecified atom stereocenters. The van der Waals surface area contributed by atoms with Crippen molar-refractivity contribution < 1.29 is 17.9 Å². The van der Waals surface area contributed by atoms with Crippen LogP contribution in [0.1, 0.15) is 36.2 Å². The Morgan fingerprint density at radius 2 is 1.97 bits per heavy atom. The summed E-state index contributed by atoms with van der Waals surface area (Å²) >= 11 is 0. The summed E-state index contributed by atoms with van der Waals surface area (Å²) in [6.45, 7) is 3.85. The summed E-state index contributed by atoms with van der Waals surface area (Å²) in [4.78, 5) is 20.9. The maximum Gasteiger partial charge on any atom is 0.273 e. The molecule has 1 amide bonds. The van der Waals surface area contributed by atoms with E-state index < -0.39 is 10.0 Å². The maximum absolute atomic E-state index is 12.6. The summed E-state index contributed by atoms with van der Waals surface area (Å²) in [7, 11) is 0.440. The Morgan fingerprint density at radius 3 is 2.59 bits per heavy atom. The fraction of sp³-hybridized carbons (Fsp3) is 0.789. The van der Waals surface area contributed by atoms with Crippen molar-refractivity contribution in [1.82, 2.24) is 23.7 Å². The Labute approximate surface area is 173 Å². The van der Waals surface area contributed by atoms with Crippen LogP contribution in [0.5, 0.6) is 0 Å². The lowest BCUT2D eigenvalue weighted by Gasteiger charge is -2.44. The Hall–Kier alpha value is -1.49.